The number of hydrogen-bond acceptors (Lipinski definition) is 6. The number of benzene rings is 2. The summed E-state index contributed by atoms with van der Waals surface area (Å²) in [6.07, 6.45) is 1.49. The highest BCUT2D eigenvalue weighted by Crippen LogP contribution is 2.32. The molecule has 0 saturated carbocycles. The van der Waals surface area contributed by atoms with E-state index < -0.39 is 5.97 Å². The van der Waals surface area contributed by atoms with E-state index in [1.165, 1.54) is 0 Å². The zero-order chi connectivity index (χ0) is 22.7. The summed E-state index contributed by atoms with van der Waals surface area (Å²) in [7, 11) is 0. The maximum Gasteiger partial charge on any atom is 0.335 e. The number of hydrogen-bond donors (Lipinski definition) is 3. The summed E-state index contributed by atoms with van der Waals surface area (Å²) in [6.45, 7) is 7.03. The number of carboxylic acid groups (broad SMARTS) is 1. The molecule has 8 heteroatoms. The second-order valence-corrected chi connectivity index (χ2v) is 8.35. The third-order valence-corrected chi connectivity index (χ3v) is 5.72. The van der Waals surface area contributed by atoms with Crippen molar-refractivity contribution in [2.24, 2.45) is 5.92 Å². The van der Waals surface area contributed by atoms with Crippen molar-refractivity contribution in [3.63, 3.8) is 0 Å². The van der Waals surface area contributed by atoms with E-state index in [0.29, 0.717) is 17.8 Å². The number of aliphatic carboxylic acids is 1. The van der Waals surface area contributed by atoms with Crippen LogP contribution in [0.25, 0.3) is 22.5 Å². The van der Waals surface area contributed by atoms with Crippen molar-refractivity contribution in [3.05, 3.63) is 65.4 Å². The fraction of sp³-hybridized carbons (Fsp3) is 0.333. The maximum absolute atomic E-state index is 12.1. The molecule has 0 aliphatic carbocycles. The summed E-state index contributed by atoms with van der Waals surface area (Å²) in [5.74, 6) is -0.107. The van der Waals surface area contributed by atoms with Crippen LogP contribution in [-0.2, 0) is 11.2 Å². The molecule has 1 unspecified atom stereocenters. The van der Waals surface area contributed by atoms with Crippen LogP contribution in [0.4, 0.5) is 0 Å². The Labute approximate surface area is 187 Å². The van der Waals surface area contributed by atoms with Gasteiger partial charge >= 0.3 is 5.97 Å². The van der Waals surface area contributed by atoms with Crippen LogP contribution in [0.15, 0.2) is 59.8 Å². The van der Waals surface area contributed by atoms with E-state index in [4.69, 9.17) is 0 Å². The van der Waals surface area contributed by atoms with Crippen molar-refractivity contribution in [2.45, 2.75) is 39.7 Å². The first-order chi connectivity index (χ1) is 15.5. The zero-order valence-corrected chi connectivity index (χ0v) is 18.5. The topological polar surface area (TPSA) is 107 Å². The van der Waals surface area contributed by atoms with Crippen molar-refractivity contribution in [1.82, 2.24) is 31.1 Å². The van der Waals surface area contributed by atoms with Crippen LogP contribution in [-0.4, -0.2) is 49.3 Å². The van der Waals surface area contributed by atoms with Crippen LogP contribution >= 0.6 is 0 Å². The lowest BCUT2D eigenvalue weighted by molar-refractivity contribution is -0.133. The Hall–Kier alpha value is -3.52. The Morgan fingerprint density at radius 1 is 1.12 bits per heavy atom. The second-order valence-electron chi connectivity index (χ2n) is 8.35. The van der Waals surface area contributed by atoms with Gasteiger partial charge in [0.05, 0.1) is 11.6 Å². The Balaban J connectivity index is 1.61. The number of aromatic amines is 1. The fourth-order valence-corrected chi connectivity index (χ4v) is 4.37. The highest BCUT2D eigenvalue weighted by molar-refractivity contribution is 5.89. The van der Waals surface area contributed by atoms with E-state index in [2.05, 4.69) is 51.8 Å². The first kappa shape index (κ1) is 21.7. The van der Waals surface area contributed by atoms with Crippen molar-refractivity contribution in [2.75, 3.05) is 6.54 Å². The van der Waals surface area contributed by atoms with Crippen molar-refractivity contribution >= 4 is 5.97 Å². The predicted octanol–water partition coefficient (Wildman–Crippen LogP) is 3.67. The number of rotatable bonds is 8. The molecule has 0 radical (unpaired) electrons. The molecule has 0 bridgehead atoms. The summed E-state index contributed by atoms with van der Waals surface area (Å²) >= 11 is 0. The molecule has 3 N–H and O–H groups in total. The molecule has 32 heavy (non-hydrogen) atoms. The lowest BCUT2D eigenvalue weighted by Crippen LogP contribution is -2.43. The van der Waals surface area contributed by atoms with Crippen LogP contribution < -0.4 is 5.43 Å². The minimum absolute atomic E-state index is 0.136. The predicted molar refractivity (Wildman–Crippen MR) is 122 cm³/mol. The normalized spacial score (nSPS) is 16.6. The minimum Gasteiger partial charge on any atom is -0.478 e. The monoisotopic (exact) mass is 432 g/mol. The van der Waals surface area contributed by atoms with Gasteiger partial charge in [-0.25, -0.2) is 9.80 Å². The largest absolute Gasteiger partial charge is 0.478 e. The van der Waals surface area contributed by atoms with E-state index in [-0.39, 0.29) is 12.0 Å². The lowest BCUT2D eigenvalue weighted by atomic mass is 9.93. The maximum atomic E-state index is 12.1. The van der Waals surface area contributed by atoms with Crippen LogP contribution in [0.1, 0.15) is 32.8 Å². The number of H-pyrrole nitrogens is 1. The molecule has 4 rings (SSSR count). The molecule has 0 saturated heterocycles. The molecule has 2 aromatic carbocycles. The Bertz CT molecular complexity index is 1110. The molecule has 0 spiro atoms. The minimum atomic E-state index is -0.851. The molecule has 166 valence electrons. The van der Waals surface area contributed by atoms with Gasteiger partial charge in [-0.15, -0.1) is 10.2 Å². The number of nitrogens with one attached hydrogen (secondary N) is 2. The molecular weight excluding hydrogens is 404 g/mol. The third-order valence-electron chi connectivity index (χ3n) is 5.72. The van der Waals surface area contributed by atoms with Gasteiger partial charge in [0.1, 0.15) is 0 Å². The zero-order valence-electron chi connectivity index (χ0n) is 18.5. The number of carbonyl (C=O) groups is 1. The fourth-order valence-electron chi connectivity index (χ4n) is 4.37. The molecule has 1 aliphatic rings. The van der Waals surface area contributed by atoms with Crippen molar-refractivity contribution < 1.29 is 9.90 Å². The highest BCUT2D eigenvalue weighted by Gasteiger charge is 2.37. The average Bonchev–Trinajstić information content (AvgIpc) is 3.43. The summed E-state index contributed by atoms with van der Waals surface area (Å²) in [6, 6.07) is 16.0. The lowest BCUT2D eigenvalue weighted by Gasteiger charge is -2.28. The summed E-state index contributed by atoms with van der Waals surface area (Å²) in [4.78, 5) is 12.1. The molecule has 1 aliphatic heterocycles. The first-order valence-corrected chi connectivity index (χ1v) is 10.9. The number of allylic oxidation sites excluding steroid dienone is 1. The Morgan fingerprint density at radius 3 is 2.44 bits per heavy atom. The van der Waals surface area contributed by atoms with Gasteiger partial charge in [-0.05, 0) is 34.2 Å². The Morgan fingerprint density at radius 2 is 1.84 bits per heavy atom. The number of carboxylic acids is 1. The van der Waals surface area contributed by atoms with E-state index in [1.54, 1.807) is 0 Å². The SMILES string of the molecule is CCCN1NC(Cc2ccc(-c3ccccc3-c3nn[nH]n3)cc2)=C(C(=O)O)C1C(C)C. The van der Waals surface area contributed by atoms with Crippen LogP contribution in [0.2, 0.25) is 0 Å². The number of hydrazine groups is 1. The van der Waals surface area contributed by atoms with Gasteiger partial charge in [0.15, 0.2) is 0 Å². The molecule has 1 atom stereocenters. The van der Waals surface area contributed by atoms with E-state index >= 15 is 0 Å². The quantitative estimate of drug-likeness (QED) is 0.498. The molecular formula is C24H28N6O2. The first-order valence-electron chi connectivity index (χ1n) is 10.9. The van der Waals surface area contributed by atoms with E-state index in [1.807, 2.05) is 48.5 Å². The number of aromatic nitrogens is 4. The summed E-state index contributed by atoms with van der Waals surface area (Å²) in [5.41, 5.74) is 8.62. The molecule has 3 aromatic rings. The molecule has 0 amide bonds. The summed E-state index contributed by atoms with van der Waals surface area (Å²) in [5, 5.41) is 26.4. The van der Waals surface area contributed by atoms with Crippen molar-refractivity contribution in [1.29, 1.82) is 0 Å². The van der Waals surface area contributed by atoms with Gasteiger partial charge in [-0.2, -0.15) is 5.21 Å². The van der Waals surface area contributed by atoms with Gasteiger partial charge in [-0.3, -0.25) is 0 Å². The number of tetrazole rings is 1. The van der Waals surface area contributed by atoms with Gasteiger partial charge in [0, 0.05) is 24.2 Å². The van der Waals surface area contributed by atoms with Gasteiger partial charge in [0.2, 0.25) is 5.82 Å². The Kier molecular flexibility index (Phi) is 6.32. The average molecular weight is 433 g/mol. The van der Waals surface area contributed by atoms with Crippen molar-refractivity contribution in [3.8, 4) is 22.5 Å². The van der Waals surface area contributed by atoms with Gasteiger partial charge in [0.25, 0.3) is 0 Å². The van der Waals surface area contributed by atoms with Crippen LogP contribution in [0.3, 0.4) is 0 Å². The van der Waals surface area contributed by atoms with E-state index in [0.717, 1.165) is 40.9 Å². The van der Waals surface area contributed by atoms with Gasteiger partial charge < -0.3 is 10.5 Å². The second kappa shape index (κ2) is 9.32. The molecule has 1 aromatic heterocycles. The van der Waals surface area contributed by atoms with Crippen LogP contribution in [0.5, 0.6) is 0 Å². The van der Waals surface area contributed by atoms with E-state index in [9.17, 15) is 9.90 Å². The smallest absolute Gasteiger partial charge is 0.335 e. The van der Waals surface area contributed by atoms with Crippen LogP contribution in [0, 0.1) is 5.92 Å². The number of nitrogens with zero attached hydrogens (tertiary/aromatic N) is 4. The molecule has 8 nitrogen and oxygen atoms in total. The standard InChI is InChI=1S/C24H28N6O2/c1-4-13-30-22(15(2)3)21(24(31)32)20(27-30)14-16-9-11-17(12-10-16)18-7-5-6-8-19(18)23-25-28-29-26-23/h5-12,15,22,27H,4,13-14H2,1-3H3,(H,31,32)(H,25,26,28,29). The summed E-state index contributed by atoms with van der Waals surface area (Å²) < 4.78 is 0. The van der Waals surface area contributed by atoms with Gasteiger partial charge in [-0.1, -0.05) is 69.3 Å². The molecule has 0 fully saturated rings. The third kappa shape index (κ3) is 4.27. The molecule has 2 heterocycles. The highest BCUT2D eigenvalue weighted by atomic mass is 16.4.